The van der Waals surface area contributed by atoms with E-state index in [0.717, 1.165) is 22.9 Å². The largest absolute Gasteiger partial charge is 0.493 e. The molecule has 0 aromatic heterocycles. The number of ether oxygens (including phenoxy) is 2. The number of methoxy groups -OCH3 is 1. The standard InChI is InChI=1S/C27H25ClN2O5S2/c1-4-30-26(31)25(36-27(30)29-37(32,33)21-12-9-18(2)10-13-21)16-19-11-14-23(34-3)24(15-19)35-17-20-7-5-6-8-22(20)28/h5-16H,4,17H2,1-3H3. The first-order chi connectivity index (χ1) is 17.7. The molecule has 1 heterocycles. The second kappa shape index (κ2) is 11.4. The van der Waals surface area contributed by atoms with E-state index in [-0.39, 0.29) is 29.1 Å². The molecule has 3 aromatic rings. The van der Waals surface area contributed by atoms with E-state index in [1.165, 1.54) is 17.0 Å². The normalized spacial score (nSPS) is 16.0. The number of benzene rings is 3. The van der Waals surface area contributed by atoms with Crippen molar-refractivity contribution in [1.82, 2.24) is 4.90 Å². The van der Waals surface area contributed by atoms with E-state index < -0.39 is 10.0 Å². The highest BCUT2D eigenvalue weighted by Gasteiger charge is 2.34. The van der Waals surface area contributed by atoms with Crippen molar-refractivity contribution >= 4 is 50.5 Å². The van der Waals surface area contributed by atoms with Gasteiger partial charge < -0.3 is 9.47 Å². The van der Waals surface area contributed by atoms with Gasteiger partial charge in [0.15, 0.2) is 16.7 Å². The van der Waals surface area contributed by atoms with E-state index in [1.807, 2.05) is 25.1 Å². The number of rotatable bonds is 8. The number of nitrogens with zero attached hydrogens (tertiary/aromatic N) is 2. The topological polar surface area (TPSA) is 85.3 Å². The molecular formula is C27H25ClN2O5S2. The molecule has 192 valence electrons. The summed E-state index contributed by atoms with van der Waals surface area (Å²) in [6.45, 7) is 4.15. The van der Waals surface area contributed by atoms with E-state index in [1.54, 1.807) is 56.5 Å². The molecule has 10 heteroatoms. The van der Waals surface area contributed by atoms with Crippen LogP contribution in [0, 0.1) is 6.92 Å². The highest BCUT2D eigenvalue weighted by atomic mass is 35.5. The van der Waals surface area contributed by atoms with Crippen LogP contribution in [0.3, 0.4) is 0 Å². The van der Waals surface area contributed by atoms with Gasteiger partial charge in [0.25, 0.3) is 15.9 Å². The molecule has 1 aliphatic heterocycles. The highest BCUT2D eigenvalue weighted by molar-refractivity contribution is 8.19. The zero-order chi connectivity index (χ0) is 26.6. The Bertz CT molecular complexity index is 1480. The second-order valence-electron chi connectivity index (χ2n) is 8.11. The Morgan fingerprint density at radius 2 is 1.78 bits per heavy atom. The van der Waals surface area contributed by atoms with Gasteiger partial charge in [-0.15, -0.1) is 4.40 Å². The fraction of sp³-hybridized carbons (Fsp3) is 0.185. The van der Waals surface area contributed by atoms with Gasteiger partial charge in [0.1, 0.15) is 6.61 Å². The van der Waals surface area contributed by atoms with Crippen molar-refractivity contribution in [2.75, 3.05) is 13.7 Å². The minimum absolute atomic E-state index is 0.0718. The van der Waals surface area contributed by atoms with E-state index in [4.69, 9.17) is 21.1 Å². The Hall–Kier alpha value is -3.27. The number of amidine groups is 1. The van der Waals surface area contributed by atoms with E-state index >= 15 is 0 Å². The fourth-order valence-electron chi connectivity index (χ4n) is 3.54. The quantitative estimate of drug-likeness (QED) is 0.320. The van der Waals surface area contributed by atoms with E-state index in [9.17, 15) is 13.2 Å². The summed E-state index contributed by atoms with van der Waals surface area (Å²) in [5.74, 6) is 0.691. The maximum Gasteiger partial charge on any atom is 0.284 e. The molecule has 1 amide bonds. The van der Waals surface area contributed by atoms with Crippen molar-refractivity contribution in [3.05, 3.63) is 93.3 Å². The third-order valence-electron chi connectivity index (χ3n) is 5.55. The van der Waals surface area contributed by atoms with Crippen molar-refractivity contribution in [3.8, 4) is 11.5 Å². The van der Waals surface area contributed by atoms with E-state index in [0.29, 0.717) is 27.0 Å². The Labute approximate surface area is 225 Å². The first kappa shape index (κ1) is 26.8. The average molecular weight is 557 g/mol. The third-order valence-corrected chi connectivity index (χ3v) is 8.32. The van der Waals surface area contributed by atoms with Gasteiger partial charge in [0.05, 0.1) is 16.9 Å². The van der Waals surface area contributed by atoms with Crippen molar-refractivity contribution in [2.24, 2.45) is 4.40 Å². The Morgan fingerprint density at radius 1 is 1.05 bits per heavy atom. The lowest BCUT2D eigenvalue weighted by molar-refractivity contribution is -0.122. The molecule has 0 radical (unpaired) electrons. The molecule has 7 nitrogen and oxygen atoms in total. The Balaban J connectivity index is 1.61. The molecule has 1 aliphatic rings. The van der Waals surface area contributed by atoms with Crippen LogP contribution in [-0.4, -0.2) is 38.0 Å². The molecule has 1 saturated heterocycles. The first-order valence-corrected chi connectivity index (χ1v) is 14.0. The van der Waals surface area contributed by atoms with Gasteiger partial charge in [-0.25, -0.2) is 0 Å². The molecule has 0 unspecified atom stereocenters. The molecule has 0 aliphatic carbocycles. The Kier molecular flexibility index (Phi) is 8.26. The predicted octanol–water partition coefficient (Wildman–Crippen LogP) is 5.92. The summed E-state index contributed by atoms with van der Waals surface area (Å²) in [5.41, 5.74) is 2.45. The van der Waals surface area contributed by atoms with E-state index in [2.05, 4.69) is 4.40 Å². The second-order valence-corrected chi connectivity index (χ2v) is 11.1. The van der Waals surface area contributed by atoms with Gasteiger partial charge >= 0.3 is 0 Å². The van der Waals surface area contributed by atoms with Crippen LogP contribution in [0.5, 0.6) is 11.5 Å². The minimum atomic E-state index is -3.98. The average Bonchev–Trinajstić information content (AvgIpc) is 3.16. The molecular weight excluding hydrogens is 532 g/mol. The van der Waals surface area contributed by atoms with Crippen LogP contribution in [0.2, 0.25) is 5.02 Å². The van der Waals surface area contributed by atoms with Crippen molar-refractivity contribution in [3.63, 3.8) is 0 Å². The lowest BCUT2D eigenvalue weighted by Crippen LogP contribution is -2.29. The van der Waals surface area contributed by atoms with Crippen LogP contribution in [-0.2, 0) is 21.4 Å². The van der Waals surface area contributed by atoms with Gasteiger partial charge in [-0.2, -0.15) is 8.42 Å². The summed E-state index contributed by atoms with van der Waals surface area (Å²) >= 11 is 7.26. The van der Waals surface area contributed by atoms with Crippen LogP contribution >= 0.6 is 23.4 Å². The zero-order valence-electron chi connectivity index (χ0n) is 20.5. The first-order valence-electron chi connectivity index (χ1n) is 11.4. The van der Waals surface area contributed by atoms with Crippen LogP contribution in [0.25, 0.3) is 6.08 Å². The van der Waals surface area contributed by atoms with Crippen LogP contribution in [0.15, 0.2) is 80.9 Å². The van der Waals surface area contributed by atoms with Crippen molar-refractivity contribution < 1.29 is 22.7 Å². The number of halogens is 1. The van der Waals surface area contributed by atoms with Gasteiger partial charge in [0, 0.05) is 17.1 Å². The molecule has 3 aromatic carbocycles. The molecule has 37 heavy (non-hydrogen) atoms. The Morgan fingerprint density at radius 3 is 2.46 bits per heavy atom. The molecule has 0 saturated carbocycles. The summed E-state index contributed by atoms with van der Waals surface area (Å²) < 4.78 is 41.1. The summed E-state index contributed by atoms with van der Waals surface area (Å²) in [6.07, 6.45) is 1.68. The number of likely N-dealkylation sites (N-methyl/N-ethyl adjacent to an activating group) is 1. The monoisotopic (exact) mass is 556 g/mol. The van der Waals surface area contributed by atoms with Crippen LogP contribution < -0.4 is 9.47 Å². The van der Waals surface area contributed by atoms with Crippen molar-refractivity contribution in [1.29, 1.82) is 0 Å². The highest BCUT2D eigenvalue weighted by Crippen LogP contribution is 2.36. The molecule has 0 atom stereocenters. The SMILES string of the molecule is CCN1C(=O)C(=Cc2ccc(OC)c(OCc3ccccc3Cl)c2)SC1=NS(=O)(=O)c1ccc(C)cc1. The molecule has 0 bridgehead atoms. The number of aryl methyl sites for hydroxylation is 1. The third kappa shape index (κ3) is 6.18. The number of carbonyl (C=O) groups is 1. The fourth-order valence-corrected chi connectivity index (χ4v) is 5.97. The van der Waals surface area contributed by atoms with Crippen LogP contribution in [0.4, 0.5) is 0 Å². The molecule has 4 rings (SSSR count). The van der Waals surface area contributed by atoms with Crippen LogP contribution in [0.1, 0.15) is 23.6 Å². The number of amides is 1. The lowest BCUT2D eigenvalue weighted by Gasteiger charge is -2.12. The van der Waals surface area contributed by atoms with Crippen molar-refractivity contribution in [2.45, 2.75) is 25.3 Å². The van der Waals surface area contributed by atoms with Gasteiger partial charge in [-0.1, -0.05) is 53.6 Å². The van der Waals surface area contributed by atoms with Gasteiger partial charge in [0.2, 0.25) is 0 Å². The van der Waals surface area contributed by atoms with Gasteiger partial charge in [-0.05, 0) is 67.6 Å². The number of hydrogen-bond acceptors (Lipinski definition) is 6. The number of sulfonamides is 1. The van der Waals surface area contributed by atoms with Gasteiger partial charge in [-0.3, -0.25) is 9.69 Å². The minimum Gasteiger partial charge on any atom is -0.493 e. The number of carbonyl (C=O) groups excluding carboxylic acids is 1. The number of thioether (sulfide) groups is 1. The smallest absolute Gasteiger partial charge is 0.284 e. The molecule has 0 spiro atoms. The molecule has 1 fully saturated rings. The zero-order valence-corrected chi connectivity index (χ0v) is 22.9. The maximum absolute atomic E-state index is 13.1. The summed E-state index contributed by atoms with van der Waals surface area (Å²) in [6, 6.07) is 19.1. The number of hydrogen-bond donors (Lipinski definition) is 0. The summed E-state index contributed by atoms with van der Waals surface area (Å²) in [4.78, 5) is 14.8. The summed E-state index contributed by atoms with van der Waals surface area (Å²) in [7, 11) is -2.43. The summed E-state index contributed by atoms with van der Waals surface area (Å²) in [5, 5.41) is 0.711. The molecule has 0 N–H and O–H groups in total. The lowest BCUT2D eigenvalue weighted by atomic mass is 10.1. The predicted molar refractivity (Wildman–Crippen MR) is 148 cm³/mol. The maximum atomic E-state index is 13.1.